The third kappa shape index (κ3) is 1.48. The molecule has 3 rings (SSSR count). The first-order valence-corrected chi connectivity index (χ1v) is 6.33. The van der Waals surface area contributed by atoms with Gasteiger partial charge in [0.1, 0.15) is 0 Å². The van der Waals surface area contributed by atoms with Gasteiger partial charge in [-0.25, -0.2) is 0 Å². The molecule has 0 saturated carbocycles. The third-order valence-electron chi connectivity index (χ3n) is 3.17. The molecule has 0 heterocycles. The number of hydrogen-bond donors (Lipinski definition) is 0. The molecule has 0 saturated heterocycles. The van der Waals surface area contributed by atoms with E-state index in [0.29, 0.717) is 0 Å². The summed E-state index contributed by atoms with van der Waals surface area (Å²) < 4.78 is 1.00. The summed E-state index contributed by atoms with van der Waals surface area (Å²) in [6.07, 6.45) is 0. The second-order valence-electron chi connectivity index (χ2n) is 4.55. The molecule has 0 unspecified atom stereocenters. The summed E-state index contributed by atoms with van der Waals surface area (Å²) >= 11 is 3.56. The number of carbonyl (C=O) groups is 1. The molecule has 0 atom stereocenters. The van der Waals surface area contributed by atoms with Crippen molar-refractivity contribution in [3.63, 3.8) is 0 Å². The lowest BCUT2D eigenvalue weighted by molar-refractivity contribution is 0.104. The molecule has 0 radical (unpaired) electrons. The van der Waals surface area contributed by atoms with Crippen LogP contribution in [0.4, 0.5) is 0 Å². The lowest BCUT2D eigenvalue weighted by Gasteiger charge is -2.04. The fourth-order valence-electron chi connectivity index (χ4n) is 2.40. The van der Waals surface area contributed by atoms with Gasteiger partial charge in [-0.1, -0.05) is 33.6 Å². The second-order valence-corrected chi connectivity index (χ2v) is 5.40. The van der Waals surface area contributed by atoms with Crippen LogP contribution in [0.25, 0.3) is 11.1 Å². The Morgan fingerprint density at radius 3 is 2.35 bits per heavy atom. The Balaban J connectivity index is 2.39. The van der Waals surface area contributed by atoms with Gasteiger partial charge in [-0.15, -0.1) is 0 Å². The molecule has 1 nitrogen and oxygen atoms in total. The maximum absolute atomic E-state index is 12.3. The van der Waals surface area contributed by atoms with E-state index in [0.717, 1.165) is 37.9 Å². The molecule has 84 valence electrons. The molecule has 2 heteroatoms. The Morgan fingerprint density at radius 2 is 1.59 bits per heavy atom. The number of ketones is 1. The number of fused-ring (bicyclic) bond motifs is 3. The van der Waals surface area contributed by atoms with E-state index < -0.39 is 0 Å². The van der Waals surface area contributed by atoms with Crippen LogP contribution in [-0.4, -0.2) is 5.78 Å². The normalized spacial score (nSPS) is 12.5. The van der Waals surface area contributed by atoms with Gasteiger partial charge in [0.2, 0.25) is 0 Å². The molecule has 0 aromatic heterocycles. The number of benzene rings is 2. The van der Waals surface area contributed by atoms with Crippen molar-refractivity contribution in [1.29, 1.82) is 0 Å². The monoisotopic (exact) mass is 286 g/mol. The van der Waals surface area contributed by atoms with Crippen molar-refractivity contribution in [3.05, 3.63) is 57.1 Å². The summed E-state index contributed by atoms with van der Waals surface area (Å²) in [6, 6.07) is 10.1. The van der Waals surface area contributed by atoms with Crippen molar-refractivity contribution in [2.45, 2.75) is 13.8 Å². The number of carbonyl (C=O) groups excluding carboxylic acids is 1. The van der Waals surface area contributed by atoms with Gasteiger partial charge in [0.05, 0.1) is 0 Å². The summed E-state index contributed by atoms with van der Waals surface area (Å²) in [7, 11) is 0. The summed E-state index contributed by atoms with van der Waals surface area (Å²) in [5.74, 6) is 0.142. The van der Waals surface area contributed by atoms with Crippen LogP contribution in [-0.2, 0) is 0 Å². The van der Waals surface area contributed by atoms with Crippen LogP contribution in [0.2, 0.25) is 0 Å². The van der Waals surface area contributed by atoms with E-state index in [-0.39, 0.29) is 5.78 Å². The smallest absolute Gasteiger partial charge is 0.194 e. The Kier molecular flexibility index (Phi) is 2.23. The van der Waals surface area contributed by atoms with E-state index in [1.165, 1.54) is 0 Å². The van der Waals surface area contributed by atoms with Crippen LogP contribution in [0.15, 0.2) is 34.8 Å². The lowest BCUT2D eigenvalue weighted by atomic mass is 10.0. The van der Waals surface area contributed by atoms with E-state index in [1.807, 2.05) is 38.1 Å². The maximum Gasteiger partial charge on any atom is 0.194 e. The van der Waals surface area contributed by atoms with Crippen LogP contribution in [0.5, 0.6) is 0 Å². The number of halogens is 1. The van der Waals surface area contributed by atoms with E-state index in [1.54, 1.807) is 0 Å². The summed E-state index contributed by atoms with van der Waals surface area (Å²) in [6.45, 7) is 4.02. The largest absolute Gasteiger partial charge is 0.289 e. The van der Waals surface area contributed by atoms with Crippen molar-refractivity contribution in [3.8, 4) is 11.1 Å². The molecule has 17 heavy (non-hydrogen) atoms. The lowest BCUT2D eigenvalue weighted by Crippen LogP contribution is -1.95. The first kappa shape index (κ1) is 10.7. The van der Waals surface area contributed by atoms with Gasteiger partial charge in [-0.3, -0.25) is 4.79 Å². The predicted octanol–water partition coefficient (Wildman–Crippen LogP) is 4.28. The van der Waals surface area contributed by atoms with E-state index in [4.69, 9.17) is 0 Å². The van der Waals surface area contributed by atoms with E-state index in [9.17, 15) is 4.79 Å². The molecule has 1 aliphatic carbocycles. The molecule has 0 fully saturated rings. The Morgan fingerprint density at radius 1 is 0.882 bits per heavy atom. The highest BCUT2D eigenvalue weighted by Gasteiger charge is 2.28. The van der Waals surface area contributed by atoms with Crippen molar-refractivity contribution < 1.29 is 4.79 Å². The van der Waals surface area contributed by atoms with Crippen molar-refractivity contribution in [2.24, 2.45) is 0 Å². The minimum absolute atomic E-state index is 0.142. The minimum Gasteiger partial charge on any atom is -0.289 e. The van der Waals surface area contributed by atoms with Gasteiger partial charge in [-0.2, -0.15) is 0 Å². The average molecular weight is 287 g/mol. The fourth-order valence-corrected chi connectivity index (χ4v) is 3.19. The highest BCUT2D eigenvalue weighted by Crippen LogP contribution is 2.42. The fraction of sp³-hybridized carbons (Fsp3) is 0.133. The first-order valence-electron chi connectivity index (χ1n) is 5.54. The van der Waals surface area contributed by atoms with Gasteiger partial charge >= 0.3 is 0 Å². The number of rotatable bonds is 0. The standard InChI is InChI=1S/C15H11BrO/c1-8-3-4-10-11(5-8)15(17)12-6-9(2)7-13(16)14(10)12/h3-7H,1-2H3. The van der Waals surface area contributed by atoms with E-state index in [2.05, 4.69) is 22.0 Å². The van der Waals surface area contributed by atoms with Gasteiger partial charge in [0.25, 0.3) is 0 Å². The molecular weight excluding hydrogens is 276 g/mol. The Labute approximate surface area is 109 Å². The zero-order valence-corrected chi connectivity index (χ0v) is 11.3. The average Bonchev–Trinajstić information content (AvgIpc) is 2.53. The van der Waals surface area contributed by atoms with Crippen molar-refractivity contribution in [1.82, 2.24) is 0 Å². The zero-order chi connectivity index (χ0) is 12.2. The van der Waals surface area contributed by atoms with Crippen molar-refractivity contribution >= 4 is 21.7 Å². The number of hydrogen-bond acceptors (Lipinski definition) is 1. The second kappa shape index (κ2) is 3.54. The van der Waals surface area contributed by atoms with Crippen LogP contribution in [0, 0.1) is 13.8 Å². The topological polar surface area (TPSA) is 17.1 Å². The molecule has 2 aromatic carbocycles. The highest BCUT2D eigenvalue weighted by molar-refractivity contribution is 9.10. The third-order valence-corrected chi connectivity index (χ3v) is 3.79. The van der Waals surface area contributed by atoms with Gasteiger partial charge in [-0.05, 0) is 43.2 Å². The SMILES string of the molecule is Cc1ccc2c(c1)C(=O)c1cc(C)cc(Br)c1-2. The van der Waals surface area contributed by atoms with Gasteiger partial charge in [0, 0.05) is 21.2 Å². The summed E-state index contributed by atoms with van der Waals surface area (Å²) in [5.41, 5.74) is 5.95. The molecule has 2 aromatic rings. The zero-order valence-electron chi connectivity index (χ0n) is 9.67. The first-order chi connectivity index (χ1) is 8.08. The number of aryl methyl sites for hydroxylation is 2. The summed E-state index contributed by atoms with van der Waals surface area (Å²) in [4.78, 5) is 12.3. The van der Waals surface area contributed by atoms with Gasteiger partial charge in [0.15, 0.2) is 5.78 Å². The molecule has 0 spiro atoms. The van der Waals surface area contributed by atoms with Crippen LogP contribution >= 0.6 is 15.9 Å². The van der Waals surface area contributed by atoms with E-state index >= 15 is 0 Å². The molecular formula is C15H11BrO. The van der Waals surface area contributed by atoms with Gasteiger partial charge < -0.3 is 0 Å². The Bertz CT molecular complexity index is 656. The molecule has 0 amide bonds. The van der Waals surface area contributed by atoms with Crippen LogP contribution < -0.4 is 0 Å². The highest BCUT2D eigenvalue weighted by atomic mass is 79.9. The minimum atomic E-state index is 0.142. The Hall–Kier alpha value is -1.41. The maximum atomic E-state index is 12.3. The molecule has 0 aliphatic heterocycles. The molecule has 0 N–H and O–H groups in total. The molecule has 0 bridgehead atoms. The predicted molar refractivity (Wildman–Crippen MR) is 72.5 cm³/mol. The molecule has 1 aliphatic rings. The van der Waals surface area contributed by atoms with Crippen LogP contribution in [0.1, 0.15) is 27.0 Å². The van der Waals surface area contributed by atoms with Crippen LogP contribution in [0.3, 0.4) is 0 Å². The van der Waals surface area contributed by atoms with Crippen molar-refractivity contribution in [2.75, 3.05) is 0 Å². The quantitative estimate of drug-likeness (QED) is 0.603. The summed E-state index contributed by atoms with van der Waals surface area (Å²) in [5, 5.41) is 0.